The maximum absolute atomic E-state index is 8.90. The van der Waals surface area contributed by atoms with E-state index in [0.717, 1.165) is 24.7 Å². The third-order valence-electron chi connectivity index (χ3n) is 5.90. The van der Waals surface area contributed by atoms with Crippen LogP contribution in [0.15, 0.2) is 60.7 Å². The standard InChI is InChI=1S/C26H31N/c1-2-5-21-8-10-22(11-9-21)6-3-4-7-23-12-16-25(17-13-23)26-18-14-24(20-27)15-19-26/h3,6,12-19,21-22H,2,4-5,7-11H2,1H3. The van der Waals surface area contributed by atoms with Gasteiger partial charge in [0.05, 0.1) is 11.6 Å². The summed E-state index contributed by atoms with van der Waals surface area (Å²) in [4.78, 5) is 0. The molecule has 0 bridgehead atoms. The van der Waals surface area contributed by atoms with Gasteiger partial charge in [-0.1, -0.05) is 68.3 Å². The molecule has 1 aliphatic carbocycles. The Kier molecular flexibility index (Phi) is 7.28. The zero-order chi connectivity index (χ0) is 18.9. The predicted molar refractivity (Wildman–Crippen MR) is 114 cm³/mol. The quantitative estimate of drug-likeness (QED) is 0.476. The van der Waals surface area contributed by atoms with E-state index in [1.807, 2.05) is 24.3 Å². The van der Waals surface area contributed by atoms with Crippen molar-refractivity contribution in [1.82, 2.24) is 0 Å². The van der Waals surface area contributed by atoms with Crippen molar-refractivity contribution in [2.24, 2.45) is 11.8 Å². The number of rotatable bonds is 7. The van der Waals surface area contributed by atoms with Crippen molar-refractivity contribution in [3.05, 3.63) is 71.8 Å². The maximum atomic E-state index is 8.90. The number of nitrogens with zero attached hydrogens (tertiary/aromatic N) is 1. The Morgan fingerprint density at radius 2 is 1.56 bits per heavy atom. The van der Waals surface area contributed by atoms with E-state index in [-0.39, 0.29) is 0 Å². The van der Waals surface area contributed by atoms with Gasteiger partial charge in [-0.15, -0.1) is 0 Å². The molecule has 2 aromatic rings. The van der Waals surface area contributed by atoms with Crippen LogP contribution in [0, 0.1) is 23.2 Å². The molecule has 3 rings (SSSR count). The number of hydrogen-bond acceptors (Lipinski definition) is 1. The van der Waals surface area contributed by atoms with Crippen LogP contribution in [-0.4, -0.2) is 0 Å². The number of nitriles is 1. The lowest BCUT2D eigenvalue weighted by atomic mass is 9.80. The monoisotopic (exact) mass is 357 g/mol. The van der Waals surface area contributed by atoms with Crippen LogP contribution in [0.2, 0.25) is 0 Å². The molecule has 1 heteroatoms. The largest absolute Gasteiger partial charge is 0.192 e. The molecule has 0 amide bonds. The molecule has 0 heterocycles. The Hall–Kier alpha value is -2.33. The molecule has 0 unspecified atom stereocenters. The first-order chi connectivity index (χ1) is 13.3. The first-order valence-electron chi connectivity index (χ1n) is 10.5. The lowest BCUT2D eigenvalue weighted by Gasteiger charge is -2.26. The van der Waals surface area contributed by atoms with Crippen molar-refractivity contribution in [2.45, 2.75) is 58.3 Å². The summed E-state index contributed by atoms with van der Waals surface area (Å²) in [6.07, 6.45) is 15.5. The van der Waals surface area contributed by atoms with Crippen LogP contribution in [-0.2, 0) is 6.42 Å². The maximum Gasteiger partial charge on any atom is 0.0991 e. The van der Waals surface area contributed by atoms with E-state index in [9.17, 15) is 0 Å². The highest BCUT2D eigenvalue weighted by Crippen LogP contribution is 2.32. The van der Waals surface area contributed by atoms with Gasteiger partial charge in [-0.3, -0.25) is 0 Å². The van der Waals surface area contributed by atoms with E-state index >= 15 is 0 Å². The molecule has 1 nitrogen and oxygen atoms in total. The highest BCUT2D eigenvalue weighted by atomic mass is 14.2. The van der Waals surface area contributed by atoms with E-state index in [4.69, 9.17) is 5.26 Å². The molecular weight excluding hydrogens is 326 g/mol. The molecule has 0 N–H and O–H groups in total. The van der Waals surface area contributed by atoms with Gasteiger partial charge in [-0.25, -0.2) is 0 Å². The SMILES string of the molecule is CCCC1CCC(C=CCCc2ccc(-c3ccc(C#N)cc3)cc2)CC1. The van der Waals surface area contributed by atoms with Crippen LogP contribution < -0.4 is 0 Å². The first kappa shape index (κ1) is 19.4. The van der Waals surface area contributed by atoms with Crippen molar-refractivity contribution in [3.8, 4) is 17.2 Å². The fourth-order valence-corrected chi connectivity index (χ4v) is 4.22. The smallest absolute Gasteiger partial charge is 0.0991 e. The van der Waals surface area contributed by atoms with Crippen LogP contribution in [0.4, 0.5) is 0 Å². The summed E-state index contributed by atoms with van der Waals surface area (Å²) in [7, 11) is 0. The summed E-state index contributed by atoms with van der Waals surface area (Å²) in [6.45, 7) is 2.31. The molecule has 1 saturated carbocycles. The minimum absolute atomic E-state index is 0.709. The summed E-state index contributed by atoms with van der Waals surface area (Å²) in [5.74, 6) is 1.81. The summed E-state index contributed by atoms with van der Waals surface area (Å²) >= 11 is 0. The van der Waals surface area contributed by atoms with E-state index in [0.29, 0.717) is 5.56 Å². The van der Waals surface area contributed by atoms with Gasteiger partial charge in [0, 0.05) is 0 Å². The Labute approximate surface area is 164 Å². The van der Waals surface area contributed by atoms with Crippen LogP contribution >= 0.6 is 0 Å². The molecule has 27 heavy (non-hydrogen) atoms. The molecule has 2 aromatic carbocycles. The molecule has 0 spiro atoms. The average Bonchev–Trinajstić information content (AvgIpc) is 2.73. The Balaban J connectivity index is 1.44. The third-order valence-corrected chi connectivity index (χ3v) is 5.90. The summed E-state index contributed by atoms with van der Waals surface area (Å²) in [6, 6.07) is 18.8. The van der Waals surface area contributed by atoms with E-state index in [1.54, 1.807) is 0 Å². The second kappa shape index (κ2) is 10.1. The van der Waals surface area contributed by atoms with E-state index < -0.39 is 0 Å². The van der Waals surface area contributed by atoms with E-state index in [2.05, 4.69) is 49.4 Å². The predicted octanol–water partition coefficient (Wildman–Crippen LogP) is 7.32. The lowest BCUT2D eigenvalue weighted by Crippen LogP contribution is -2.12. The van der Waals surface area contributed by atoms with Gasteiger partial charge in [0.25, 0.3) is 0 Å². The zero-order valence-corrected chi connectivity index (χ0v) is 16.5. The molecule has 1 fully saturated rings. The third kappa shape index (κ3) is 5.83. The summed E-state index contributed by atoms with van der Waals surface area (Å²) in [5.41, 5.74) is 4.48. The average molecular weight is 358 g/mol. The second-order valence-electron chi connectivity index (χ2n) is 7.92. The van der Waals surface area contributed by atoms with Gasteiger partial charge in [-0.2, -0.15) is 5.26 Å². The normalized spacial score (nSPS) is 19.9. The molecule has 0 saturated heterocycles. The van der Waals surface area contributed by atoms with Gasteiger partial charge in [0.15, 0.2) is 0 Å². The molecule has 0 atom stereocenters. The number of hydrogen-bond donors (Lipinski definition) is 0. The second-order valence-corrected chi connectivity index (χ2v) is 7.92. The summed E-state index contributed by atoms with van der Waals surface area (Å²) in [5, 5.41) is 8.90. The number of benzene rings is 2. The number of aryl methyl sites for hydroxylation is 1. The van der Waals surface area contributed by atoms with Crippen molar-refractivity contribution in [3.63, 3.8) is 0 Å². The lowest BCUT2D eigenvalue weighted by molar-refractivity contribution is 0.294. The van der Waals surface area contributed by atoms with Crippen LogP contribution in [0.3, 0.4) is 0 Å². The van der Waals surface area contributed by atoms with Gasteiger partial charge in [0.2, 0.25) is 0 Å². The highest BCUT2D eigenvalue weighted by Gasteiger charge is 2.18. The fourth-order valence-electron chi connectivity index (χ4n) is 4.22. The zero-order valence-electron chi connectivity index (χ0n) is 16.5. The Bertz CT molecular complexity index is 753. The first-order valence-corrected chi connectivity index (χ1v) is 10.5. The number of allylic oxidation sites excluding steroid dienone is 2. The van der Waals surface area contributed by atoms with Crippen LogP contribution in [0.1, 0.15) is 63.0 Å². The minimum atomic E-state index is 0.709. The molecule has 0 aliphatic heterocycles. The van der Waals surface area contributed by atoms with Gasteiger partial charge in [0.1, 0.15) is 0 Å². The van der Waals surface area contributed by atoms with Crippen LogP contribution in [0.5, 0.6) is 0 Å². The molecule has 0 radical (unpaired) electrons. The Morgan fingerprint density at radius 3 is 2.15 bits per heavy atom. The topological polar surface area (TPSA) is 23.8 Å². The minimum Gasteiger partial charge on any atom is -0.192 e. The molecule has 140 valence electrons. The Morgan fingerprint density at radius 1 is 0.926 bits per heavy atom. The van der Waals surface area contributed by atoms with Gasteiger partial charge >= 0.3 is 0 Å². The molecule has 0 aromatic heterocycles. The summed E-state index contributed by atoms with van der Waals surface area (Å²) < 4.78 is 0. The van der Waals surface area contributed by atoms with Gasteiger partial charge in [-0.05, 0) is 79.2 Å². The van der Waals surface area contributed by atoms with Crippen molar-refractivity contribution in [2.75, 3.05) is 0 Å². The van der Waals surface area contributed by atoms with Crippen molar-refractivity contribution < 1.29 is 0 Å². The highest BCUT2D eigenvalue weighted by molar-refractivity contribution is 5.64. The fraction of sp³-hybridized carbons (Fsp3) is 0.423. The van der Waals surface area contributed by atoms with E-state index in [1.165, 1.54) is 55.2 Å². The van der Waals surface area contributed by atoms with Crippen molar-refractivity contribution in [1.29, 1.82) is 5.26 Å². The molecule has 1 aliphatic rings. The molecular formula is C26H31N. The van der Waals surface area contributed by atoms with Gasteiger partial charge < -0.3 is 0 Å². The van der Waals surface area contributed by atoms with Crippen molar-refractivity contribution >= 4 is 0 Å². The van der Waals surface area contributed by atoms with Crippen LogP contribution in [0.25, 0.3) is 11.1 Å².